The number of fused-ring (bicyclic) bond motifs is 1. The van der Waals surface area contributed by atoms with Gasteiger partial charge in [-0.3, -0.25) is 4.79 Å². The van der Waals surface area contributed by atoms with Crippen molar-refractivity contribution in [2.24, 2.45) is 5.73 Å². The Bertz CT molecular complexity index is 418. The molecule has 17 heavy (non-hydrogen) atoms. The minimum atomic E-state index is -0.223. The molecular weight excluding hydrogens is 216 g/mol. The van der Waals surface area contributed by atoms with Crippen molar-refractivity contribution < 1.29 is 9.53 Å². The minimum absolute atomic E-state index is 0.223. The van der Waals surface area contributed by atoms with E-state index in [-0.39, 0.29) is 5.91 Å². The SMILES string of the molecule is COc1ccc2c(c1)CCN2CCCC(N)=O. The topological polar surface area (TPSA) is 55.6 Å². The molecular formula is C13H18N2O2. The van der Waals surface area contributed by atoms with E-state index >= 15 is 0 Å². The predicted octanol–water partition coefficient (Wildman–Crippen LogP) is 1.32. The number of methoxy groups -OCH3 is 1. The van der Waals surface area contributed by atoms with Crippen molar-refractivity contribution in [3.63, 3.8) is 0 Å². The molecule has 0 radical (unpaired) electrons. The van der Waals surface area contributed by atoms with Gasteiger partial charge in [-0.25, -0.2) is 0 Å². The number of amides is 1. The smallest absolute Gasteiger partial charge is 0.217 e. The van der Waals surface area contributed by atoms with Gasteiger partial charge >= 0.3 is 0 Å². The Kier molecular flexibility index (Phi) is 3.52. The first kappa shape index (κ1) is 11.8. The van der Waals surface area contributed by atoms with Gasteiger partial charge < -0.3 is 15.4 Å². The maximum Gasteiger partial charge on any atom is 0.217 e. The molecule has 0 atom stereocenters. The zero-order chi connectivity index (χ0) is 12.3. The number of ether oxygens (including phenoxy) is 1. The maximum absolute atomic E-state index is 10.7. The van der Waals surface area contributed by atoms with Crippen LogP contribution in [0.15, 0.2) is 18.2 Å². The molecule has 1 aliphatic rings. The monoisotopic (exact) mass is 234 g/mol. The van der Waals surface area contributed by atoms with Crippen LogP contribution in [0.3, 0.4) is 0 Å². The molecule has 0 spiro atoms. The van der Waals surface area contributed by atoms with E-state index in [1.165, 1.54) is 11.3 Å². The molecule has 2 N–H and O–H groups in total. The van der Waals surface area contributed by atoms with Crippen molar-refractivity contribution in [2.75, 3.05) is 25.1 Å². The van der Waals surface area contributed by atoms with E-state index in [2.05, 4.69) is 17.0 Å². The summed E-state index contributed by atoms with van der Waals surface area (Å²) in [6.45, 7) is 1.91. The lowest BCUT2D eigenvalue weighted by Gasteiger charge is -2.19. The van der Waals surface area contributed by atoms with Crippen molar-refractivity contribution in [3.8, 4) is 5.75 Å². The minimum Gasteiger partial charge on any atom is -0.497 e. The van der Waals surface area contributed by atoms with Gasteiger partial charge in [0.2, 0.25) is 5.91 Å². The maximum atomic E-state index is 10.7. The van der Waals surface area contributed by atoms with Gasteiger partial charge in [0.1, 0.15) is 5.75 Å². The van der Waals surface area contributed by atoms with Crippen molar-refractivity contribution in [1.29, 1.82) is 0 Å². The lowest BCUT2D eigenvalue weighted by atomic mass is 10.1. The van der Waals surface area contributed by atoms with Crippen molar-refractivity contribution >= 4 is 11.6 Å². The number of anilines is 1. The third kappa shape index (κ3) is 2.70. The molecule has 0 bridgehead atoms. The molecule has 1 heterocycles. The molecule has 1 aromatic rings. The highest BCUT2D eigenvalue weighted by Gasteiger charge is 2.18. The Labute approximate surface area is 101 Å². The van der Waals surface area contributed by atoms with Gasteiger partial charge in [-0.2, -0.15) is 0 Å². The fraction of sp³-hybridized carbons (Fsp3) is 0.462. The standard InChI is InChI=1S/C13H18N2O2/c1-17-11-4-5-12-10(9-11)6-8-15(12)7-2-3-13(14)16/h4-5,9H,2-3,6-8H2,1H3,(H2,14,16). The van der Waals surface area contributed by atoms with E-state index < -0.39 is 0 Å². The quantitative estimate of drug-likeness (QED) is 0.836. The number of hydrogen-bond donors (Lipinski definition) is 1. The largest absolute Gasteiger partial charge is 0.497 e. The Balaban J connectivity index is 1.99. The molecule has 1 aliphatic heterocycles. The molecule has 1 aromatic carbocycles. The third-order valence-corrected chi connectivity index (χ3v) is 3.13. The number of benzene rings is 1. The van der Waals surface area contributed by atoms with Gasteiger partial charge in [0.05, 0.1) is 7.11 Å². The normalized spacial score (nSPS) is 13.6. The van der Waals surface area contributed by atoms with Gasteiger partial charge in [0.25, 0.3) is 0 Å². The first-order chi connectivity index (χ1) is 8.20. The summed E-state index contributed by atoms with van der Waals surface area (Å²) in [7, 11) is 1.68. The average molecular weight is 234 g/mol. The third-order valence-electron chi connectivity index (χ3n) is 3.13. The molecule has 1 amide bonds. The van der Waals surface area contributed by atoms with Crippen LogP contribution in [0.4, 0.5) is 5.69 Å². The van der Waals surface area contributed by atoms with Crippen LogP contribution in [0.2, 0.25) is 0 Å². The Morgan fingerprint density at radius 2 is 2.35 bits per heavy atom. The summed E-state index contributed by atoms with van der Waals surface area (Å²) >= 11 is 0. The summed E-state index contributed by atoms with van der Waals surface area (Å²) in [5.74, 6) is 0.682. The van der Waals surface area contributed by atoms with Gasteiger partial charge in [-0.05, 0) is 36.6 Å². The molecule has 0 saturated heterocycles. The second-order valence-electron chi connectivity index (χ2n) is 4.30. The van der Waals surface area contributed by atoms with Crippen LogP contribution in [0.5, 0.6) is 5.75 Å². The van der Waals surface area contributed by atoms with Crippen molar-refractivity contribution in [3.05, 3.63) is 23.8 Å². The summed E-state index contributed by atoms with van der Waals surface area (Å²) in [6, 6.07) is 6.15. The van der Waals surface area contributed by atoms with Crippen LogP contribution < -0.4 is 15.4 Å². The highest BCUT2D eigenvalue weighted by Crippen LogP contribution is 2.31. The van der Waals surface area contributed by atoms with Crippen LogP contribution in [0.25, 0.3) is 0 Å². The van der Waals surface area contributed by atoms with Gasteiger partial charge in [0, 0.05) is 25.2 Å². The van der Waals surface area contributed by atoms with E-state index in [1.54, 1.807) is 7.11 Å². The van der Waals surface area contributed by atoms with Crippen LogP contribution in [0.1, 0.15) is 18.4 Å². The average Bonchev–Trinajstić information content (AvgIpc) is 2.71. The van der Waals surface area contributed by atoms with Crippen LogP contribution in [-0.4, -0.2) is 26.1 Å². The number of nitrogens with zero attached hydrogens (tertiary/aromatic N) is 1. The Morgan fingerprint density at radius 3 is 3.06 bits per heavy atom. The van der Waals surface area contributed by atoms with Crippen LogP contribution in [-0.2, 0) is 11.2 Å². The van der Waals surface area contributed by atoms with E-state index in [4.69, 9.17) is 10.5 Å². The fourth-order valence-electron chi connectivity index (χ4n) is 2.25. The fourth-order valence-corrected chi connectivity index (χ4v) is 2.25. The van der Waals surface area contributed by atoms with Gasteiger partial charge in [-0.1, -0.05) is 0 Å². The number of hydrogen-bond acceptors (Lipinski definition) is 3. The first-order valence-electron chi connectivity index (χ1n) is 5.91. The molecule has 92 valence electrons. The molecule has 2 rings (SSSR count). The highest BCUT2D eigenvalue weighted by molar-refractivity contribution is 5.73. The number of carbonyl (C=O) groups is 1. The highest BCUT2D eigenvalue weighted by atomic mass is 16.5. The second-order valence-corrected chi connectivity index (χ2v) is 4.30. The van der Waals surface area contributed by atoms with Crippen molar-refractivity contribution in [2.45, 2.75) is 19.3 Å². The van der Waals surface area contributed by atoms with E-state index in [1.807, 2.05) is 6.07 Å². The van der Waals surface area contributed by atoms with Crippen LogP contribution >= 0.6 is 0 Å². The summed E-state index contributed by atoms with van der Waals surface area (Å²) < 4.78 is 5.21. The van der Waals surface area contributed by atoms with E-state index in [0.717, 1.165) is 31.7 Å². The molecule has 0 aromatic heterocycles. The molecule has 4 heteroatoms. The zero-order valence-corrected chi connectivity index (χ0v) is 10.1. The Morgan fingerprint density at radius 1 is 1.53 bits per heavy atom. The summed E-state index contributed by atoms with van der Waals surface area (Å²) in [6.07, 6.45) is 2.33. The van der Waals surface area contributed by atoms with Crippen LogP contribution in [0, 0.1) is 0 Å². The predicted molar refractivity (Wildman–Crippen MR) is 67.3 cm³/mol. The van der Waals surface area contributed by atoms with E-state index in [0.29, 0.717) is 6.42 Å². The van der Waals surface area contributed by atoms with Gasteiger partial charge in [0.15, 0.2) is 0 Å². The molecule has 0 saturated carbocycles. The number of primary amides is 1. The molecule has 0 aliphatic carbocycles. The number of nitrogens with two attached hydrogens (primary N) is 1. The lowest BCUT2D eigenvalue weighted by molar-refractivity contribution is -0.118. The summed E-state index contributed by atoms with van der Waals surface area (Å²) in [4.78, 5) is 13.0. The van der Waals surface area contributed by atoms with E-state index in [9.17, 15) is 4.79 Å². The summed E-state index contributed by atoms with van der Waals surface area (Å²) in [5.41, 5.74) is 7.72. The molecule has 4 nitrogen and oxygen atoms in total. The number of rotatable bonds is 5. The lowest BCUT2D eigenvalue weighted by Crippen LogP contribution is -2.23. The number of carbonyl (C=O) groups excluding carboxylic acids is 1. The zero-order valence-electron chi connectivity index (χ0n) is 10.1. The molecule has 0 unspecified atom stereocenters. The first-order valence-corrected chi connectivity index (χ1v) is 5.91. The van der Waals surface area contributed by atoms with Gasteiger partial charge in [-0.15, -0.1) is 0 Å². The second kappa shape index (κ2) is 5.08. The van der Waals surface area contributed by atoms with Crippen molar-refractivity contribution in [1.82, 2.24) is 0 Å². The summed E-state index contributed by atoms with van der Waals surface area (Å²) in [5, 5.41) is 0. The Hall–Kier alpha value is -1.71. The molecule has 0 fully saturated rings.